The minimum atomic E-state index is 0.614. The predicted octanol–water partition coefficient (Wildman–Crippen LogP) is 2.76. The van der Waals surface area contributed by atoms with Gasteiger partial charge in [-0.2, -0.15) is 5.10 Å². The Hall–Kier alpha value is -1.16. The highest BCUT2D eigenvalue weighted by Crippen LogP contribution is 2.22. The van der Waals surface area contributed by atoms with Crippen molar-refractivity contribution in [1.82, 2.24) is 15.5 Å². The molecular formula is C16H26N4. The Morgan fingerprint density at radius 2 is 1.90 bits per heavy atom. The van der Waals surface area contributed by atoms with Gasteiger partial charge in [0.15, 0.2) is 0 Å². The van der Waals surface area contributed by atoms with Crippen LogP contribution in [-0.4, -0.2) is 29.3 Å². The van der Waals surface area contributed by atoms with Crippen molar-refractivity contribution in [1.29, 1.82) is 0 Å². The molecule has 0 amide bonds. The summed E-state index contributed by atoms with van der Waals surface area (Å²) in [6.07, 6.45) is 10.2. The largest absolute Gasteiger partial charge is 0.366 e. The van der Waals surface area contributed by atoms with Gasteiger partial charge in [-0.15, -0.1) is 5.10 Å². The summed E-state index contributed by atoms with van der Waals surface area (Å²) in [5.74, 6) is 1.72. The molecule has 0 aromatic carbocycles. The smallest absolute Gasteiger partial charge is 0.148 e. The fourth-order valence-electron chi connectivity index (χ4n) is 3.42. The highest BCUT2D eigenvalue weighted by atomic mass is 15.2. The molecule has 0 spiro atoms. The van der Waals surface area contributed by atoms with Gasteiger partial charge in [0.2, 0.25) is 0 Å². The third-order valence-corrected chi connectivity index (χ3v) is 4.62. The molecule has 2 N–H and O–H groups in total. The van der Waals surface area contributed by atoms with Gasteiger partial charge in [0, 0.05) is 6.04 Å². The fourth-order valence-corrected chi connectivity index (χ4v) is 3.42. The first kappa shape index (κ1) is 13.8. The van der Waals surface area contributed by atoms with Crippen LogP contribution < -0.4 is 10.6 Å². The maximum atomic E-state index is 4.41. The van der Waals surface area contributed by atoms with E-state index in [1.807, 2.05) is 0 Å². The van der Waals surface area contributed by atoms with Crippen molar-refractivity contribution in [3.05, 3.63) is 17.8 Å². The molecule has 1 aromatic rings. The molecule has 2 fully saturated rings. The quantitative estimate of drug-likeness (QED) is 0.886. The molecule has 2 aliphatic rings. The Morgan fingerprint density at radius 1 is 1.00 bits per heavy atom. The van der Waals surface area contributed by atoms with Crippen LogP contribution in [0.25, 0.3) is 0 Å². The van der Waals surface area contributed by atoms with E-state index in [4.69, 9.17) is 0 Å². The standard InChI is InChI=1S/C16H26N4/c1-2-6-14(5-1)18-16-8-7-15(19-20-16)12-13-4-3-10-17-11-9-13/h7-8,13-14,17H,1-6,9-12H2,(H,18,20)/t13-/m1/s1. The van der Waals surface area contributed by atoms with Crippen molar-refractivity contribution in [2.75, 3.05) is 18.4 Å². The second-order valence-electron chi connectivity index (χ2n) is 6.29. The van der Waals surface area contributed by atoms with Crippen LogP contribution >= 0.6 is 0 Å². The van der Waals surface area contributed by atoms with E-state index in [0.717, 1.165) is 30.4 Å². The van der Waals surface area contributed by atoms with E-state index < -0.39 is 0 Å². The molecule has 4 nitrogen and oxygen atoms in total. The molecule has 1 aliphatic carbocycles. The van der Waals surface area contributed by atoms with Gasteiger partial charge in [-0.05, 0) is 69.7 Å². The minimum Gasteiger partial charge on any atom is -0.366 e. The minimum absolute atomic E-state index is 0.614. The topological polar surface area (TPSA) is 49.8 Å². The number of hydrogen-bond acceptors (Lipinski definition) is 4. The maximum Gasteiger partial charge on any atom is 0.148 e. The van der Waals surface area contributed by atoms with Gasteiger partial charge in [0.1, 0.15) is 5.82 Å². The van der Waals surface area contributed by atoms with Crippen LogP contribution in [0, 0.1) is 5.92 Å². The van der Waals surface area contributed by atoms with E-state index >= 15 is 0 Å². The van der Waals surface area contributed by atoms with Crippen molar-refractivity contribution in [3.63, 3.8) is 0 Å². The Labute approximate surface area is 121 Å². The number of rotatable bonds is 4. The third kappa shape index (κ3) is 3.92. The molecule has 4 heteroatoms. The first-order valence-corrected chi connectivity index (χ1v) is 8.20. The van der Waals surface area contributed by atoms with E-state index in [1.165, 1.54) is 51.5 Å². The monoisotopic (exact) mass is 274 g/mol. The molecular weight excluding hydrogens is 248 g/mol. The average molecular weight is 274 g/mol. The molecule has 0 unspecified atom stereocenters. The average Bonchev–Trinajstić information content (AvgIpc) is 2.84. The van der Waals surface area contributed by atoms with E-state index in [1.54, 1.807) is 0 Å². The number of nitrogens with one attached hydrogen (secondary N) is 2. The summed E-state index contributed by atoms with van der Waals surface area (Å²) in [5, 5.41) is 15.7. The fraction of sp³-hybridized carbons (Fsp3) is 0.750. The number of anilines is 1. The van der Waals surface area contributed by atoms with Gasteiger partial charge in [-0.25, -0.2) is 0 Å². The third-order valence-electron chi connectivity index (χ3n) is 4.62. The summed E-state index contributed by atoms with van der Waals surface area (Å²) < 4.78 is 0. The molecule has 1 atom stereocenters. The molecule has 1 aliphatic heterocycles. The summed E-state index contributed by atoms with van der Waals surface area (Å²) >= 11 is 0. The molecule has 0 bridgehead atoms. The van der Waals surface area contributed by atoms with Crippen LogP contribution in [0.2, 0.25) is 0 Å². The first-order chi connectivity index (χ1) is 9.90. The predicted molar refractivity (Wildman–Crippen MR) is 81.8 cm³/mol. The normalized spacial score (nSPS) is 24.5. The first-order valence-electron chi connectivity index (χ1n) is 8.20. The van der Waals surface area contributed by atoms with Gasteiger partial charge in [-0.3, -0.25) is 0 Å². The molecule has 1 saturated carbocycles. The van der Waals surface area contributed by atoms with Crippen molar-refractivity contribution in [2.24, 2.45) is 5.92 Å². The molecule has 1 aromatic heterocycles. The molecule has 3 rings (SSSR count). The molecule has 110 valence electrons. The SMILES string of the molecule is c1cc(NC2CCCC2)nnc1C[C@@H]1CCCNCC1. The lowest BCUT2D eigenvalue weighted by Crippen LogP contribution is -2.16. The van der Waals surface area contributed by atoms with E-state index in [-0.39, 0.29) is 0 Å². The summed E-state index contributed by atoms with van der Waals surface area (Å²) in [6.45, 7) is 2.33. The molecule has 1 saturated heterocycles. The molecule has 20 heavy (non-hydrogen) atoms. The van der Waals surface area contributed by atoms with Crippen molar-refractivity contribution < 1.29 is 0 Å². The van der Waals surface area contributed by atoms with E-state index in [2.05, 4.69) is 33.0 Å². The number of aromatic nitrogens is 2. The maximum absolute atomic E-state index is 4.41. The van der Waals surface area contributed by atoms with Crippen LogP contribution in [0.3, 0.4) is 0 Å². The second-order valence-corrected chi connectivity index (χ2v) is 6.29. The second kappa shape index (κ2) is 7.02. The summed E-state index contributed by atoms with van der Waals surface area (Å²) in [4.78, 5) is 0. The van der Waals surface area contributed by atoms with Crippen LogP contribution in [-0.2, 0) is 6.42 Å². The highest BCUT2D eigenvalue weighted by molar-refractivity contribution is 5.34. The zero-order valence-corrected chi connectivity index (χ0v) is 12.3. The van der Waals surface area contributed by atoms with Gasteiger partial charge in [0.25, 0.3) is 0 Å². The lowest BCUT2D eigenvalue weighted by molar-refractivity contribution is 0.463. The lowest BCUT2D eigenvalue weighted by Gasteiger charge is -2.14. The van der Waals surface area contributed by atoms with Crippen LogP contribution in [0.5, 0.6) is 0 Å². The number of hydrogen-bond donors (Lipinski definition) is 2. The molecule has 2 heterocycles. The zero-order valence-electron chi connectivity index (χ0n) is 12.3. The number of nitrogens with zero attached hydrogens (tertiary/aromatic N) is 2. The Kier molecular flexibility index (Phi) is 4.85. The summed E-state index contributed by atoms with van der Waals surface area (Å²) in [6, 6.07) is 4.88. The zero-order chi connectivity index (χ0) is 13.6. The van der Waals surface area contributed by atoms with Gasteiger partial charge in [0.05, 0.1) is 5.69 Å². The lowest BCUT2D eigenvalue weighted by atomic mass is 9.95. The Morgan fingerprint density at radius 3 is 2.70 bits per heavy atom. The van der Waals surface area contributed by atoms with Crippen molar-refractivity contribution in [2.45, 2.75) is 57.4 Å². The van der Waals surface area contributed by atoms with Crippen LogP contribution in [0.1, 0.15) is 50.6 Å². The van der Waals surface area contributed by atoms with Gasteiger partial charge >= 0.3 is 0 Å². The van der Waals surface area contributed by atoms with Crippen LogP contribution in [0.4, 0.5) is 5.82 Å². The van der Waals surface area contributed by atoms with E-state index in [0.29, 0.717) is 6.04 Å². The van der Waals surface area contributed by atoms with E-state index in [9.17, 15) is 0 Å². The Bertz CT molecular complexity index is 389. The van der Waals surface area contributed by atoms with Crippen LogP contribution in [0.15, 0.2) is 12.1 Å². The molecule has 0 radical (unpaired) electrons. The summed E-state index contributed by atoms with van der Waals surface area (Å²) in [7, 11) is 0. The summed E-state index contributed by atoms with van der Waals surface area (Å²) in [5.41, 5.74) is 1.15. The van der Waals surface area contributed by atoms with Crippen molar-refractivity contribution in [3.8, 4) is 0 Å². The Balaban J connectivity index is 1.52. The highest BCUT2D eigenvalue weighted by Gasteiger charge is 2.16. The van der Waals surface area contributed by atoms with Crippen molar-refractivity contribution >= 4 is 5.82 Å². The van der Waals surface area contributed by atoms with Gasteiger partial charge < -0.3 is 10.6 Å². The van der Waals surface area contributed by atoms with Gasteiger partial charge in [-0.1, -0.05) is 12.8 Å².